The van der Waals surface area contributed by atoms with Gasteiger partial charge in [-0.1, -0.05) is 6.07 Å². The molecule has 22 heavy (non-hydrogen) atoms. The number of carbonyl (C=O) groups excluding carboxylic acids is 2. The average Bonchev–Trinajstić information content (AvgIpc) is 3.10. The van der Waals surface area contributed by atoms with Crippen LogP contribution < -0.4 is 5.32 Å². The monoisotopic (exact) mass is 322 g/mol. The van der Waals surface area contributed by atoms with Crippen LogP contribution >= 0.6 is 11.3 Å². The summed E-state index contributed by atoms with van der Waals surface area (Å²) in [7, 11) is 0. The number of likely N-dealkylation sites (tertiary alicyclic amines) is 1. The summed E-state index contributed by atoms with van der Waals surface area (Å²) in [5.41, 5.74) is 0. The van der Waals surface area contributed by atoms with Gasteiger partial charge in [-0.05, 0) is 37.1 Å². The van der Waals surface area contributed by atoms with Crippen LogP contribution in [0, 0.1) is 5.92 Å². The van der Waals surface area contributed by atoms with E-state index in [0.29, 0.717) is 30.7 Å². The molecule has 7 heteroatoms. The van der Waals surface area contributed by atoms with Gasteiger partial charge < -0.3 is 15.3 Å². The minimum Gasteiger partial charge on any atom is -0.481 e. The Bertz CT molecular complexity index is 580. The molecule has 1 aromatic rings. The minimum atomic E-state index is -0.805. The minimum absolute atomic E-state index is 0.0760. The summed E-state index contributed by atoms with van der Waals surface area (Å²) in [6, 6.07) is 3.08. The molecule has 1 saturated heterocycles. The van der Waals surface area contributed by atoms with Crippen LogP contribution in [0.1, 0.15) is 35.4 Å². The summed E-state index contributed by atoms with van der Waals surface area (Å²) in [5.74, 6) is -1.40. The molecule has 2 amide bonds. The van der Waals surface area contributed by atoms with Crippen LogP contribution in [0.15, 0.2) is 17.5 Å². The number of thiophene rings is 1. The molecular formula is C15H18N2O4S. The Morgan fingerprint density at radius 3 is 2.73 bits per heavy atom. The van der Waals surface area contributed by atoms with Crippen LogP contribution in [-0.4, -0.2) is 46.4 Å². The highest BCUT2D eigenvalue weighted by atomic mass is 32.1. The predicted molar refractivity (Wildman–Crippen MR) is 80.7 cm³/mol. The number of aliphatic carboxylic acids is 1. The summed E-state index contributed by atoms with van der Waals surface area (Å²) in [4.78, 5) is 37.8. The van der Waals surface area contributed by atoms with Crippen molar-refractivity contribution in [2.75, 3.05) is 6.54 Å². The van der Waals surface area contributed by atoms with Crippen molar-refractivity contribution >= 4 is 29.1 Å². The van der Waals surface area contributed by atoms with E-state index in [9.17, 15) is 14.4 Å². The van der Waals surface area contributed by atoms with Gasteiger partial charge in [-0.25, -0.2) is 0 Å². The lowest BCUT2D eigenvalue weighted by atomic mass is 9.80. The predicted octanol–water partition coefficient (Wildman–Crippen LogP) is 1.33. The van der Waals surface area contributed by atoms with E-state index in [-0.39, 0.29) is 23.8 Å². The van der Waals surface area contributed by atoms with E-state index in [1.165, 1.54) is 11.3 Å². The van der Waals surface area contributed by atoms with Crippen molar-refractivity contribution in [3.63, 3.8) is 0 Å². The van der Waals surface area contributed by atoms with Crippen LogP contribution in [0.5, 0.6) is 0 Å². The van der Waals surface area contributed by atoms with Gasteiger partial charge in [0.1, 0.15) is 6.04 Å². The Labute approximate surface area is 132 Å². The molecule has 2 N–H and O–H groups in total. The van der Waals surface area contributed by atoms with Gasteiger partial charge in [0, 0.05) is 12.6 Å². The smallest absolute Gasteiger partial charge is 0.306 e. The number of carboxylic acid groups (broad SMARTS) is 1. The molecule has 1 aliphatic carbocycles. The van der Waals surface area contributed by atoms with E-state index in [1.807, 2.05) is 11.4 Å². The molecule has 0 aromatic carbocycles. The van der Waals surface area contributed by atoms with Crippen LogP contribution in [0.25, 0.3) is 0 Å². The lowest BCUT2D eigenvalue weighted by Gasteiger charge is -2.34. The number of hydrogen-bond acceptors (Lipinski definition) is 4. The highest BCUT2D eigenvalue weighted by molar-refractivity contribution is 7.12. The Balaban J connectivity index is 1.58. The molecule has 0 radical (unpaired) electrons. The lowest BCUT2D eigenvalue weighted by Crippen LogP contribution is -2.53. The summed E-state index contributed by atoms with van der Waals surface area (Å²) in [6.07, 6.45) is 2.44. The van der Waals surface area contributed by atoms with Crippen molar-refractivity contribution in [2.24, 2.45) is 5.92 Å². The quantitative estimate of drug-likeness (QED) is 0.875. The molecule has 1 saturated carbocycles. The molecule has 118 valence electrons. The second-order valence-electron chi connectivity index (χ2n) is 5.85. The fraction of sp³-hybridized carbons (Fsp3) is 0.533. The van der Waals surface area contributed by atoms with Gasteiger partial charge >= 0.3 is 5.97 Å². The van der Waals surface area contributed by atoms with Crippen molar-refractivity contribution in [3.05, 3.63) is 22.4 Å². The summed E-state index contributed by atoms with van der Waals surface area (Å²) < 4.78 is 0. The first-order chi connectivity index (χ1) is 10.6. The Morgan fingerprint density at radius 2 is 2.09 bits per heavy atom. The maximum Gasteiger partial charge on any atom is 0.306 e. The van der Waals surface area contributed by atoms with Crippen molar-refractivity contribution in [1.82, 2.24) is 10.2 Å². The number of rotatable bonds is 4. The third-order valence-electron chi connectivity index (χ3n) is 4.38. The van der Waals surface area contributed by atoms with E-state index >= 15 is 0 Å². The molecule has 3 rings (SSSR count). The van der Waals surface area contributed by atoms with Crippen LogP contribution in [0.3, 0.4) is 0 Å². The number of carbonyl (C=O) groups is 3. The lowest BCUT2D eigenvalue weighted by molar-refractivity contribution is -0.146. The van der Waals surface area contributed by atoms with Crippen LogP contribution in [0.2, 0.25) is 0 Å². The first-order valence-corrected chi connectivity index (χ1v) is 8.32. The summed E-state index contributed by atoms with van der Waals surface area (Å²) in [5, 5.41) is 13.6. The first kappa shape index (κ1) is 15.0. The molecule has 6 nitrogen and oxygen atoms in total. The van der Waals surface area contributed by atoms with Crippen LogP contribution in [-0.2, 0) is 9.59 Å². The van der Waals surface area contributed by atoms with Crippen molar-refractivity contribution in [3.8, 4) is 0 Å². The zero-order valence-corrected chi connectivity index (χ0v) is 12.8. The maximum absolute atomic E-state index is 12.4. The molecule has 0 bridgehead atoms. The standard InChI is InChI=1S/C15H18N2O4S/c18-13(16-10-7-9(8-10)15(20)21)11-3-1-5-17(11)14(19)12-4-2-6-22-12/h2,4,6,9-11H,1,3,5,7-8H2,(H,16,18)(H,20,21). The molecule has 1 aliphatic heterocycles. The molecule has 1 unspecified atom stereocenters. The topological polar surface area (TPSA) is 86.7 Å². The highest BCUT2D eigenvalue weighted by Gasteiger charge is 2.39. The van der Waals surface area contributed by atoms with Crippen molar-refractivity contribution < 1.29 is 19.5 Å². The zero-order valence-electron chi connectivity index (χ0n) is 12.0. The number of hydrogen-bond donors (Lipinski definition) is 2. The maximum atomic E-state index is 12.4. The highest BCUT2D eigenvalue weighted by Crippen LogP contribution is 2.28. The van der Waals surface area contributed by atoms with Gasteiger partial charge in [0.25, 0.3) is 5.91 Å². The Morgan fingerprint density at radius 1 is 1.32 bits per heavy atom. The SMILES string of the molecule is O=C(O)C1CC(NC(=O)C2CCCN2C(=O)c2cccs2)C1. The van der Waals surface area contributed by atoms with Gasteiger partial charge in [0.05, 0.1) is 10.8 Å². The van der Waals surface area contributed by atoms with Gasteiger partial charge in [-0.3, -0.25) is 14.4 Å². The number of nitrogens with zero attached hydrogens (tertiary/aromatic N) is 1. The molecule has 2 heterocycles. The second kappa shape index (κ2) is 6.08. The van der Waals surface area contributed by atoms with E-state index in [2.05, 4.69) is 5.32 Å². The first-order valence-electron chi connectivity index (χ1n) is 7.44. The normalized spacial score (nSPS) is 27.3. The molecule has 2 aliphatic rings. The van der Waals surface area contributed by atoms with Gasteiger partial charge in [0.2, 0.25) is 5.91 Å². The summed E-state index contributed by atoms with van der Waals surface area (Å²) >= 11 is 1.38. The third-order valence-corrected chi connectivity index (χ3v) is 5.24. The summed E-state index contributed by atoms with van der Waals surface area (Å²) in [6.45, 7) is 0.594. The van der Waals surface area contributed by atoms with E-state index in [4.69, 9.17) is 5.11 Å². The van der Waals surface area contributed by atoms with E-state index in [1.54, 1.807) is 11.0 Å². The van der Waals surface area contributed by atoms with E-state index in [0.717, 1.165) is 6.42 Å². The molecular weight excluding hydrogens is 304 g/mol. The third kappa shape index (κ3) is 2.85. The van der Waals surface area contributed by atoms with Gasteiger partial charge in [0.15, 0.2) is 0 Å². The van der Waals surface area contributed by atoms with E-state index < -0.39 is 12.0 Å². The largest absolute Gasteiger partial charge is 0.481 e. The molecule has 1 atom stereocenters. The number of carboxylic acids is 1. The van der Waals surface area contributed by atoms with Crippen molar-refractivity contribution in [2.45, 2.75) is 37.8 Å². The second-order valence-corrected chi connectivity index (χ2v) is 6.79. The fourth-order valence-electron chi connectivity index (χ4n) is 3.06. The van der Waals surface area contributed by atoms with Gasteiger partial charge in [-0.2, -0.15) is 0 Å². The average molecular weight is 322 g/mol. The number of amides is 2. The number of nitrogens with one attached hydrogen (secondary N) is 1. The van der Waals surface area contributed by atoms with Crippen molar-refractivity contribution in [1.29, 1.82) is 0 Å². The van der Waals surface area contributed by atoms with Crippen LogP contribution in [0.4, 0.5) is 0 Å². The molecule has 1 aromatic heterocycles. The Kier molecular flexibility index (Phi) is 4.15. The zero-order chi connectivity index (χ0) is 15.7. The molecule has 2 fully saturated rings. The van der Waals surface area contributed by atoms with Gasteiger partial charge in [-0.15, -0.1) is 11.3 Å². The fourth-order valence-corrected chi connectivity index (χ4v) is 3.74. The Hall–Kier alpha value is -1.89. The molecule has 0 spiro atoms.